The summed E-state index contributed by atoms with van der Waals surface area (Å²) in [6.07, 6.45) is 7.34. The van der Waals surface area contributed by atoms with Crippen molar-refractivity contribution in [3.8, 4) is 0 Å². The van der Waals surface area contributed by atoms with E-state index in [9.17, 15) is 4.79 Å². The lowest BCUT2D eigenvalue weighted by atomic mass is 10.1. The molecule has 2 aliphatic rings. The van der Waals surface area contributed by atoms with Crippen LogP contribution in [0.3, 0.4) is 0 Å². The number of hydrogen-bond donors (Lipinski definition) is 1. The van der Waals surface area contributed by atoms with Gasteiger partial charge in [-0.2, -0.15) is 0 Å². The van der Waals surface area contributed by atoms with Crippen molar-refractivity contribution in [2.24, 2.45) is 17.8 Å². The Morgan fingerprint density at radius 1 is 1.56 bits per heavy atom. The summed E-state index contributed by atoms with van der Waals surface area (Å²) in [5.41, 5.74) is 0. The molecule has 2 fully saturated rings. The predicted octanol–water partition coefficient (Wildman–Crippen LogP) is 1.74. The molecule has 1 saturated heterocycles. The lowest BCUT2D eigenvalue weighted by Gasteiger charge is -2.06. The maximum Gasteiger partial charge on any atom is 0.243 e. The van der Waals surface area contributed by atoms with E-state index in [1.165, 1.54) is 12.8 Å². The minimum Gasteiger partial charge on any atom is -0.381 e. The molecule has 0 aromatic heterocycles. The smallest absolute Gasteiger partial charge is 0.243 e. The first kappa shape index (κ1) is 11.6. The highest BCUT2D eigenvalue weighted by atomic mass is 16.5. The highest BCUT2D eigenvalue weighted by Gasteiger charge is 2.32. The second-order valence-electron chi connectivity index (χ2n) is 4.90. The Morgan fingerprint density at radius 3 is 3.06 bits per heavy atom. The zero-order valence-electron chi connectivity index (χ0n) is 9.95. The van der Waals surface area contributed by atoms with Crippen molar-refractivity contribution in [2.45, 2.75) is 26.2 Å². The first-order valence-corrected chi connectivity index (χ1v) is 6.33. The maximum absolute atomic E-state index is 11.5. The Labute approximate surface area is 97.2 Å². The Balaban J connectivity index is 1.60. The summed E-state index contributed by atoms with van der Waals surface area (Å²) >= 11 is 0. The van der Waals surface area contributed by atoms with Gasteiger partial charge in [0.15, 0.2) is 0 Å². The number of ether oxygens (including phenoxy) is 1. The van der Waals surface area contributed by atoms with Crippen LogP contribution < -0.4 is 5.32 Å². The summed E-state index contributed by atoms with van der Waals surface area (Å²) in [4.78, 5) is 11.5. The van der Waals surface area contributed by atoms with Crippen molar-refractivity contribution in [1.82, 2.24) is 5.32 Å². The van der Waals surface area contributed by atoms with Gasteiger partial charge in [0.1, 0.15) is 0 Å². The van der Waals surface area contributed by atoms with Gasteiger partial charge >= 0.3 is 0 Å². The van der Waals surface area contributed by atoms with Crippen molar-refractivity contribution >= 4 is 5.91 Å². The van der Waals surface area contributed by atoms with Crippen LogP contribution in [0.2, 0.25) is 0 Å². The van der Waals surface area contributed by atoms with Crippen LogP contribution in [0, 0.1) is 17.8 Å². The SMILES string of the molecule is CCC1CC1/C=C/C(=O)NCC1CCOC1. The predicted molar refractivity (Wildman–Crippen MR) is 63.0 cm³/mol. The molecule has 0 spiro atoms. The Bertz CT molecular complexity index is 269. The minimum atomic E-state index is 0.0497. The van der Waals surface area contributed by atoms with Crippen LogP contribution in [-0.2, 0) is 9.53 Å². The molecular formula is C13H21NO2. The van der Waals surface area contributed by atoms with Crippen LogP contribution in [0.25, 0.3) is 0 Å². The zero-order chi connectivity index (χ0) is 11.4. The Morgan fingerprint density at radius 2 is 2.44 bits per heavy atom. The van der Waals surface area contributed by atoms with Crippen molar-refractivity contribution in [1.29, 1.82) is 0 Å². The van der Waals surface area contributed by atoms with Gasteiger partial charge in [-0.3, -0.25) is 4.79 Å². The first-order chi connectivity index (χ1) is 7.79. The van der Waals surface area contributed by atoms with Gasteiger partial charge in [-0.1, -0.05) is 19.4 Å². The normalized spacial score (nSPS) is 33.2. The van der Waals surface area contributed by atoms with Gasteiger partial charge < -0.3 is 10.1 Å². The summed E-state index contributed by atoms with van der Waals surface area (Å²) < 4.78 is 5.26. The van der Waals surface area contributed by atoms with E-state index in [0.717, 1.165) is 32.1 Å². The second-order valence-corrected chi connectivity index (χ2v) is 4.90. The molecule has 1 heterocycles. The fourth-order valence-electron chi connectivity index (χ4n) is 2.24. The summed E-state index contributed by atoms with van der Waals surface area (Å²) in [6, 6.07) is 0. The van der Waals surface area contributed by atoms with E-state index in [4.69, 9.17) is 4.74 Å². The minimum absolute atomic E-state index is 0.0497. The molecule has 90 valence electrons. The van der Waals surface area contributed by atoms with Crippen molar-refractivity contribution in [2.75, 3.05) is 19.8 Å². The lowest BCUT2D eigenvalue weighted by Crippen LogP contribution is -2.27. The molecule has 1 saturated carbocycles. The summed E-state index contributed by atoms with van der Waals surface area (Å²) in [5, 5.41) is 2.93. The van der Waals surface area contributed by atoms with E-state index in [2.05, 4.69) is 18.3 Å². The number of nitrogens with one attached hydrogen (secondary N) is 1. The van der Waals surface area contributed by atoms with Crippen LogP contribution in [0.1, 0.15) is 26.2 Å². The van der Waals surface area contributed by atoms with E-state index in [1.54, 1.807) is 6.08 Å². The monoisotopic (exact) mass is 223 g/mol. The van der Waals surface area contributed by atoms with Gasteiger partial charge in [0.05, 0.1) is 6.61 Å². The number of allylic oxidation sites excluding steroid dienone is 1. The lowest BCUT2D eigenvalue weighted by molar-refractivity contribution is -0.116. The van der Waals surface area contributed by atoms with Gasteiger partial charge in [-0.05, 0) is 30.8 Å². The molecule has 3 heteroatoms. The third-order valence-electron chi connectivity index (χ3n) is 3.59. The molecule has 1 aliphatic carbocycles. The number of carbonyl (C=O) groups is 1. The Hall–Kier alpha value is -0.830. The van der Waals surface area contributed by atoms with Crippen molar-refractivity contribution < 1.29 is 9.53 Å². The quantitative estimate of drug-likeness (QED) is 0.721. The van der Waals surface area contributed by atoms with Gasteiger partial charge in [0.25, 0.3) is 0 Å². The van der Waals surface area contributed by atoms with E-state index in [1.807, 2.05) is 0 Å². The van der Waals surface area contributed by atoms with Crippen LogP contribution in [-0.4, -0.2) is 25.7 Å². The molecule has 0 aromatic carbocycles. The second kappa shape index (κ2) is 5.48. The van der Waals surface area contributed by atoms with E-state index < -0.39 is 0 Å². The zero-order valence-corrected chi connectivity index (χ0v) is 9.95. The fraction of sp³-hybridized carbons (Fsp3) is 0.769. The molecule has 3 unspecified atom stereocenters. The highest BCUT2D eigenvalue weighted by molar-refractivity contribution is 5.87. The molecule has 0 bridgehead atoms. The first-order valence-electron chi connectivity index (χ1n) is 6.33. The third-order valence-corrected chi connectivity index (χ3v) is 3.59. The molecule has 3 atom stereocenters. The van der Waals surface area contributed by atoms with Gasteiger partial charge in [0, 0.05) is 19.1 Å². The fourth-order valence-corrected chi connectivity index (χ4v) is 2.24. The Kier molecular flexibility index (Phi) is 3.99. The van der Waals surface area contributed by atoms with Gasteiger partial charge in [-0.25, -0.2) is 0 Å². The molecular weight excluding hydrogens is 202 g/mol. The number of amides is 1. The number of rotatable bonds is 5. The van der Waals surface area contributed by atoms with Crippen LogP contribution in [0.5, 0.6) is 0 Å². The molecule has 2 rings (SSSR count). The molecule has 0 aromatic rings. The van der Waals surface area contributed by atoms with Crippen LogP contribution in [0.4, 0.5) is 0 Å². The van der Waals surface area contributed by atoms with Crippen LogP contribution >= 0.6 is 0 Å². The topological polar surface area (TPSA) is 38.3 Å². The molecule has 1 amide bonds. The van der Waals surface area contributed by atoms with E-state index >= 15 is 0 Å². The van der Waals surface area contributed by atoms with Gasteiger partial charge in [0.2, 0.25) is 5.91 Å². The third kappa shape index (κ3) is 3.34. The standard InChI is InChI=1S/C13H21NO2/c1-2-11-7-12(11)3-4-13(15)14-8-10-5-6-16-9-10/h3-4,10-12H,2,5-9H2,1H3,(H,14,15)/b4-3+. The van der Waals surface area contributed by atoms with Crippen LogP contribution in [0.15, 0.2) is 12.2 Å². The summed E-state index contributed by atoms with van der Waals surface area (Å²) in [7, 11) is 0. The average molecular weight is 223 g/mol. The molecule has 1 aliphatic heterocycles. The average Bonchev–Trinajstić information content (AvgIpc) is 2.86. The molecule has 1 N–H and O–H groups in total. The number of hydrogen-bond acceptors (Lipinski definition) is 2. The van der Waals surface area contributed by atoms with Gasteiger partial charge in [-0.15, -0.1) is 0 Å². The summed E-state index contributed by atoms with van der Waals surface area (Å²) in [5.74, 6) is 2.05. The number of carbonyl (C=O) groups excluding carboxylic acids is 1. The van der Waals surface area contributed by atoms with Crippen molar-refractivity contribution in [3.05, 3.63) is 12.2 Å². The summed E-state index contributed by atoms with van der Waals surface area (Å²) in [6.45, 7) is 4.60. The maximum atomic E-state index is 11.5. The molecule has 3 nitrogen and oxygen atoms in total. The van der Waals surface area contributed by atoms with E-state index in [-0.39, 0.29) is 5.91 Å². The molecule has 16 heavy (non-hydrogen) atoms. The van der Waals surface area contributed by atoms with E-state index in [0.29, 0.717) is 11.8 Å². The highest BCUT2D eigenvalue weighted by Crippen LogP contribution is 2.41. The largest absolute Gasteiger partial charge is 0.381 e. The van der Waals surface area contributed by atoms with Crippen molar-refractivity contribution in [3.63, 3.8) is 0 Å². The molecule has 0 radical (unpaired) electrons.